The summed E-state index contributed by atoms with van der Waals surface area (Å²) >= 11 is 5.03. The summed E-state index contributed by atoms with van der Waals surface area (Å²) in [6.45, 7) is 9.97. The Hall–Kier alpha value is -1.89. The van der Waals surface area contributed by atoms with E-state index in [1.54, 1.807) is 34.4 Å². The molecule has 1 unspecified atom stereocenters. The quantitative estimate of drug-likeness (QED) is 0.317. The third kappa shape index (κ3) is 4.90. The van der Waals surface area contributed by atoms with Crippen molar-refractivity contribution < 1.29 is 9.47 Å². The van der Waals surface area contributed by atoms with Crippen LogP contribution in [-0.2, 0) is 22.6 Å². The average molecular weight is 529 g/mol. The first-order valence-corrected chi connectivity index (χ1v) is 14.5. The molecule has 0 amide bonds. The molecule has 1 atom stereocenters. The van der Waals surface area contributed by atoms with Crippen molar-refractivity contribution in [2.24, 2.45) is 0 Å². The molecule has 2 aliphatic rings. The Morgan fingerprint density at radius 1 is 1.14 bits per heavy atom. The lowest BCUT2D eigenvalue weighted by Gasteiger charge is -2.25. The number of hydrogen-bond donors (Lipinski definition) is 0. The predicted molar refractivity (Wildman–Crippen MR) is 139 cm³/mol. The zero-order valence-corrected chi connectivity index (χ0v) is 22.3. The van der Waals surface area contributed by atoms with Crippen molar-refractivity contribution in [2.45, 2.75) is 56.1 Å². The Morgan fingerprint density at radius 3 is 2.80 bits per heavy atom. The zero-order valence-electron chi connectivity index (χ0n) is 19.9. The molecule has 0 spiro atoms. The number of aryl methyl sites for hydroxylation is 2. The summed E-state index contributed by atoms with van der Waals surface area (Å²) in [6.07, 6.45) is 2.36. The Balaban J connectivity index is 1.39. The van der Waals surface area contributed by atoms with Crippen molar-refractivity contribution in [3.05, 3.63) is 33.8 Å². The predicted octanol–water partition coefficient (Wildman–Crippen LogP) is 4.79. The minimum atomic E-state index is 0.191. The van der Waals surface area contributed by atoms with E-state index in [0.717, 1.165) is 95.8 Å². The first kappa shape index (κ1) is 23.5. The number of hydrogen-bond acceptors (Lipinski definition) is 10. The van der Waals surface area contributed by atoms with Gasteiger partial charge in [-0.25, -0.2) is 9.97 Å². The Bertz CT molecular complexity index is 1310. The van der Waals surface area contributed by atoms with Gasteiger partial charge in [0.15, 0.2) is 11.0 Å². The van der Waals surface area contributed by atoms with E-state index in [0.29, 0.717) is 0 Å². The molecule has 2 saturated heterocycles. The third-order valence-corrected chi connectivity index (χ3v) is 9.51. The fraction of sp³-hybridized carbons (Fsp3) is 0.500. The van der Waals surface area contributed by atoms with Gasteiger partial charge in [-0.3, -0.25) is 9.47 Å². The number of fused-ring (bicyclic) bond motifs is 1. The van der Waals surface area contributed by atoms with Crippen molar-refractivity contribution in [1.29, 1.82) is 0 Å². The standard InChI is InChI=1S/C24H28N6O2S3/c1-15-16(2)34-22-20(15)23(26-19(25-22)14-29-7-10-31-11-8-29)35-24-28-27-21(18-6-4-12-33-18)30(24)13-17-5-3-9-32-17/h4,6,12,17H,3,5,7-11,13-14H2,1-2H3. The molecule has 6 rings (SSSR count). The van der Waals surface area contributed by atoms with Crippen LogP contribution in [0.3, 0.4) is 0 Å². The van der Waals surface area contributed by atoms with Gasteiger partial charge in [-0.05, 0) is 55.5 Å². The molecule has 0 radical (unpaired) electrons. The summed E-state index contributed by atoms with van der Waals surface area (Å²) in [5.74, 6) is 1.75. The summed E-state index contributed by atoms with van der Waals surface area (Å²) in [7, 11) is 0. The SMILES string of the molecule is Cc1sc2nc(CN3CCOCC3)nc(Sc3nnc(-c4cccs4)n3CC3CCCO3)c2c1C. The van der Waals surface area contributed by atoms with Crippen LogP contribution in [0, 0.1) is 13.8 Å². The van der Waals surface area contributed by atoms with Crippen molar-refractivity contribution in [2.75, 3.05) is 32.9 Å². The summed E-state index contributed by atoms with van der Waals surface area (Å²) in [5.41, 5.74) is 1.24. The molecule has 4 aromatic heterocycles. The largest absolute Gasteiger partial charge is 0.379 e. The highest BCUT2D eigenvalue weighted by atomic mass is 32.2. The van der Waals surface area contributed by atoms with Crippen LogP contribution in [0.25, 0.3) is 20.9 Å². The Labute approximate surface area is 216 Å². The van der Waals surface area contributed by atoms with E-state index in [2.05, 4.69) is 51.0 Å². The Morgan fingerprint density at radius 2 is 2.03 bits per heavy atom. The van der Waals surface area contributed by atoms with Crippen LogP contribution in [-0.4, -0.2) is 68.6 Å². The number of rotatable bonds is 7. The van der Waals surface area contributed by atoms with Gasteiger partial charge in [0.2, 0.25) is 0 Å². The van der Waals surface area contributed by atoms with Gasteiger partial charge < -0.3 is 9.47 Å². The van der Waals surface area contributed by atoms with Gasteiger partial charge in [0, 0.05) is 30.0 Å². The van der Waals surface area contributed by atoms with E-state index < -0.39 is 0 Å². The molecule has 0 aliphatic carbocycles. The highest BCUT2D eigenvalue weighted by molar-refractivity contribution is 7.99. The number of morpholine rings is 1. The zero-order chi connectivity index (χ0) is 23.8. The monoisotopic (exact) mass is 528 g/mol. The van der Waals surface area contributed by atoms with Crippen LogP contribution in [0.1, 0.15) is 29.1 Å². The van der Waals surface area contributed by atoms with Crippen LogP contribution >= 0.6 is 34.4 Å². The molecular formula is C24H28N6O2S3. The molecule has 35 heavy (non-hydrogen) atoms. The van der Waals surface area contributed by atoms with Gasteiger partial charge in [0.1, 0.15) is 15.7 Å². The number of aromatic nitrogens is 5. The molecule has 0 saturated carbocycles. The van der Waals surface area contributed by atoms with Crippen molar-refractivity contribution in [1.82, 2.24) is 29.6 Å². The lowest BCUT2D eigenvalue weighted by atomic mass is 10.2. The maximum absolute atomic E-state index is 5.98. The van der Waals surface area contributed by atoms with Gasteiger partial charge in [-0.2, -0.15) is 0 Å². The van der Waals surface area contributed by atoms with Gasteiger partial charge in [0.05, 0.1) is 37.3 Å². The summed E-state index contributed by atoms with van der Waals surface area (Å²) < 4.78 is 13.7. The average Bonchev–Trinajstić information content (AvgIpc) is 3.65. The highest BCUT2D eigenvalue weighted by Crippen LogP contribution is 2.39. The first-order valence-electron chi connectivity index (χ1n) is 12.0. The minimum absolute atomic E-state index is 0.191. The molecule has 11 heteroatoms. The maximum Gasteiger partial charge on any atom is 0.197 e. The second-order valence-corrected chi connectivity index (χ2v) is 12.0. The van der Waals surface area contributed by atoms with Gasteiger partial charge >= 0.3 is 0 Å². The van der Waals surface area contributed by atoms with Crippen LogP contribution in [0.2, 0.25) is 0 Å². The highest BCUT2D eigenvalue weighted by Gasteiger charge is 2.25. The lowest BCUT2D eigenvalue weighted by molar-refractivity contribution is 0.0330. The summed E-state index contributed by atoms with van der Waals surface area (Å²) in [6, 6.07) is 4.16. The lowest BCUT2D eigenvalue weighted by Crippen LogP contribution is -2.36. The van der Waals surface area contributed by atoms with E-state index in [4.69, 9.17) is 19.4 Å². The fourth-order valence-corrected chi connectivity index (χ4v) is 7.41. The summed E-state index contributed by atoms with van der Waals surface area (Å²) in [4.78, 5) is 15.8. The molecule has 0 N–H and O–H groups in total. The van der Waals surface area contributed by atoms with Gasteiger partial charge in [-0.1, -0.05) is 6.07 Å². The first-order chi connectivity index (χ1) is 17.2. The smallest absolute Gasteiger partial charge is 0.197 e. The summed E-state index contributed by atoms with van der Waals surface area (Å²) in [5, 5.41) is 14.3. The molecule has 6 heterocycles. The number of ether oxygens (including phenoxy) is 2. The van der Waals surface area contributed by atoms with E-state index in [1.165, 1.54) is 10.4 Å². The molecule has 184 valence electrons. The van der Waals surface area contributed by atoms with E-state index >= 15 is 0 Å². The van der Waals surface area contributed by atoms with Crippen LogP contribution < -0.4 is 0 Å². The van der Waals surface area contributed by atoms with Gasteiger partial charge in [-0.15, -0.1) is 32.9 Å². The fourth-order valence-electron chi connectivity index (χ4n) is 4.55. The van der Waals surface area contributed by atoms with E-state index in [1.807, 2.05) is 0 Å². The third-order valence-electron chi connectivity index (χ3n) is 6.57. The van der Waals surface area contributed by atoms with Crippen molar-refractivity contribution in [3.8, 4) is 10.7 Å². The van der Waals surface area contributed by atoms with Gasteiger partial charge in [0.25, 0.3) is 0 Å². The normalized spacial score (nSPS) is 19.2. The maximum atomic E-state index is 5.98. The second-order valence-electron chi connectivity index (χ2n) is 8.93. The number of nitrogens with zero attached hydrogens (tertiary/aromatic N) is 6. The molecule has 2 aliphatic heterocycles. The molecular weight excluding hydrogens is 501 g/mol. The molecule has 0 bridgehead atoms. The molecule has 4 aromatic rings. The van der Waals surface area contributed by atoms with Crippen molar-refractivity contribution >= 4 is 44.7 Å². The van der Waals surface area contributed by atoms with Crippen LogP contribution in [0.4, 0.5) is 0 Å². The van der Waals surface area contributed by atoms with E-state index in [-0.39, 0.29) is 6.10 Å². The van der Waals surface area contributed by atoms with Crippen molar-refractivity contribution in [3.63, 3.8) is 0 Å². The minimum Gasteiger partial charge on any atom is -0.379 e. The molecule has 8 nitrogen and oxygen atoms in total. The van der Waals surface area contributed by atoms with Crippen LogP contribution in [0.15, 0.2) is 27.7 Å². The molecule has 0 aromatic carbocycles. The molecule has 2 fully saturated rings. The van der Waals surface area contributed by atoms with E-state index in [9.17, 15) is 0 Å². The number of thiophene rings is 2. The topological polar surface area (TPSA) is 78.2 Å². The second kappa shape index (κ2) is 10.2. The Kier molecular flexibility index (Phi) is 6.87. The van der Waals surface area contributed by atoms with Crippen LogP contribution in [0.5, 0.6) is 0 Å².